The van der Waals surface area contributed by atoms with Gasteiger partial charge in [0.15, 0.2) is 6.10 Å². The number of hydrogen-bond donors (Lipinski definition) is 0. The summed E-state index contributed by atoms with van der Waals surface area (Å²) in [4.78, 5) is 38.3. The van der Waals surface area contributed by atoms with Crippen molar-refractivity contribution in [3.63, 3.8) is 0 Å². The molecule has 0 radical (unpaired) electrons. The normalized spacial score (nSPS) is 12.4. The second-order valence-corrected chi connectivity index (χ2v) is 24.5. The highest BCUT2D eigenvalue weighted by molar-refractivity contribution is 5.71. The Morgan fingerprint density at radius 2 is 0.476 bits per heavy atom. The van der Waals surface area contributed by atoms with Crippen LogP contribution in [-0.2, 0) is 28.6 Å². The zero-order valence-corrected chi connectivity index (χ0v) is 55.0. The molecule has 0 aliphatic rings. The molecule has 0 N–H and O–H groups in total. The number of carbonyl (C=O) groups excluding carboxylic acids is 3. The summed E-state index contributed by atoms with van der Waals surface area (Å²) in [6, 6.07) is 0. The van der Waals surface area contributed by atoms with Crippen molar-refractivity contribution in [3.8, 4) is 0 Å². The largest absolute Gasteiger partial charge is 0.462 e. The van der Waals surface area contributed by atoms with Crippen molar-refractivity contribution in [2.75, 3.05) is 13.2 Å². The van der Waals surface area contributed by atoms with Crippen LogP contribution in [-0.4, -0.2) is 37.2 Å². The lowest BCUT2D eigenvalue weighted by Gasteiger charge is -2.18. The summed E-state index contributed by atoms with van der Waals surface area (Å²) in [5.74, 6) is -0.846. The summed E-state index contributed by atoms with van der Waals surface area (Å²) in [7, 11) is 0. The maximum atomic E-state index is 12.9. The van der Waals surface area contributed by atoms with Crippen molar-refractivity contribution in [2.24, 2.45) is 0 Å². The van der Waals surface area contributed by atoms with Gasteiger partial charge in [-0.1, -0.05) is 364 Å². The molecule has 0 rings (SSSR count). The molecule has 0 aliphatic heterocycles. The SMILES string of the molecule is CC/C=C\C/C=C\C/C=C\C/C=C\C/C=C\CCCCCCCCCCCCCCCC(=O)OCC(COC(=O)CCCCCCCCCCC)OC(=O)CCCCCCCCCCCCCCCCCCCCCCCCCCCC. The molecular weight excluding hydrogens is 1010 g/mol. The maximum absolute atomic E-state index is 12.9. The number of esters is 3. The molecule has 478 valence electrons. The van der Waals surface area contributed by atoms with Crippen LogP contribution in [0.15, 0.2) is 60.8 Å². The lowest BCUT2D eigenvalue weighted by atomic mass is 10.0. The summed E-state index contributed by atoms with van der Waals surface area (Å²) >= 11 is 0. The summed E-state index contributed by atoms with van der Waals surface area (Å²) in [5.41, 5.74) is 0. The average molecular weight is 1150 g/mol. The van der Waals surface area contributed by atoms with Gasteiger partial charge in [-0.2, -0.15) is 0 Å². The van der Waals surface area contributed by atoms with Crippen LogP contribution in [0.4, 0.5) is 0 Å². The first-order valence-electron chi connectivity index (χ1n) is 36.3. The first kappa shape index (κ1) is 79.1. The molecule has 1 atom stereocenters. The van der Waals surface area contributed by atoms with Crippen molar-refractivity contribution in [1.82, 2.24) is 0 Å². The smallest absolute Gasteiger partial charge is 0.306 e. The third-order valence-electron chi connectivity index (χ3n) is 16.3. The van der Waals surface area contributed by atoms with Crippen LogP contribution < -0.4 is 0 Å². The molecule has 0 saturated carbocycles. The Kier molecular flexibility index (Phi) is 68.1. The van der Waals surface area contributed by atoms with Gasteiger partial charge in [0.25, 0.3) is 0 Å². The summed E-state index contributed by atoms with van der Waals surface area (Å²) in [6.45, 7) is 6.57. The Morgan fingerprint density at radius 1 is 0.256 bits per heavy atom. The van der Waals surface area contributed by atoms with Gasteiger partial charge in [0.05, 0.1) is 0 Å². The number of hydrogen-bond acceptors (Lipinski definition) is 6. The fraction of sp³-hybridized carbons (Fsp3) is 0.829. The Balaban J connectivity index is 4.10. The van der Waals surface area contributed by atoms with Gasteiger partial charge in [-0.3, -0.25) is 14.4 Å². The number of allylic oxidation sites excluding steroid dienone is 10. The van der Waals surface area contributed by atoms with E-state index in [0.717, 1.165) is 89.9 Å². The van der Waals surface area contributed by atoms with Gasteiger partial charge in [0.1, 0.15) is 13.2 Å². The van der Waals surface area contributed by atoms with E-state index in [1.165, 1.54) is 257 Å². The molecule has 0 amide bonds. The maximum Gasteiger partial charge on any atom is 0.306 e. The average Bonchev–Trinajstić information content (AvgIpc) is 3.48. The van der Waals surface area contributed by atoms with Crippen LogP contribution in [0.3, 0.4) is 0 Å². The fourth-order valence-corrected chi connectivity index (χ4v) is 10.9. The van der Waals surface area contributed by atoms with Crippen LogP contribution in [0, 0.1) is 0 Å². The van der Waals surface area contributed by atoms with Crippen LogP contribution in [0.1, 0.15) is 387 Å². The minimum Gasteiger partial charge on any atom is -0.462 e. The second-order valence-electron chi connectivity index (χ2n) is 24.5. The lowest BCUT2D eigenvalue weighted by molar-refractivity contribution is -0.167. The minimum absolute atomic E-state index is 0.0682. The predicted molar refractivity (Wildman–Crippen MR) is 358 cm³/mol. The molecule has 0 aliphatic carbocycles. The van der Waals surface area contributed by atoms with E-state index in [0.29, 0.717) is 19.3 Å². The second kappa shape index (κ2) is 70.6. The Morgan fingerprint density at radius 3 is 0.744 bits per heavy atom. The van der Waals surface area contributed by atoms with E-state index in [1.54, 1.807) is 0 Å². The van der Waals surface area contributed by atoms with Crippen molar-refractivity contribution in [1.29, 1.82) is 0 Å². The van der Waals surface area contributed by atoms with Gasteiger partial charge in [-0.15, -0.1) is 0 Å². The molecule has 6 heteroatoms. The molecular formula is C76H138O6. The van der Waals surface area contributed by atoms with E-state index in [4.69, 9.17) is 14.2 Å². The Bertz CT molecular complexity index is 1460. The van der Waals surface area contributed by atoms with Gasteiger partial charge in [-0.05, 0) is 64.2 Å². The van der Waals surface area contributed by atoms with Crippen molar-refractivity contribution < 1.29 is 28.6 Å². The van der Waals surface area contributed by atoms with Gasteiger partial charge in [0, 0.05) is 19.3 Å². The van der Waals surface area contributed by atoms with E-state index in [1.807, 2.05) is 0 Å². The minimum atomic E-state index is -0.771. The number of carbonyl (C=O) groups is 3. The zero-order chi connectivity index (χ0) is 59.2. The molecule has 0 fully saturated rings. The number of rotatable bonds is 67. The molecule has 0 aromatic carbocycles. The topological polar surface area (TPSA) is 78.9 Å². The highest BCUT2D eigenvalue weighted by Crippen LogP contribution is 2.19. The van der Waals surface area contributed by atoms with Crippen molar-refractivity contribution in [3.05, 3.63) is 60.8 Å². The van der Waals surface area contributed by atoms with E-state index < -0.39 is 6.10 Å². The summed E-state index contributed by atoms with van der Waals surface area (Å²) in [5, 5.41) is 0. The number of ether oxygens (including phenoxy) is 3. The third kappa shape index (κ3) is 67.9. The van der Waals surface area contributed by atoms with E-state index in [-0.39, 0.29) is 31.1 Å². The highest BCUT2D eigenvalue weighted by atomic mass is 16.6. The Labute approximate surface area is 510 Å². The summed E-state index contributed by atoms with van der Waals surface area (Å²) < 4.78 is 17.0. The molecule has 0 saturated heterocycles. The molecule has 1 unspecified atom stereocenters. The highest BCUT2D eigenvalue weighted by Gasteiger charge is 2.19. The molecule has 0 aromatic heterocycles. The van der Waals surface area contributed by atoms with Crippen LogP contribution in [0.25, 0.3) is 0 Å². The molecule has 0 aromatic rings. The zero-order valence-electron chi connectivity index (χ0n) is 55.0. The third-order valence-corrected chi connectivity index (χ3v) is 16.3. The van der Waals surface area contributed by atoms with Gasteiger partial charge >= 0.3 is 17.9 Å². The van der Waals surface area contributed by atoms with Gasteiger partial charge in [-0.25, -0.2) is 0 Å². The quantitative estimate of drug-likeness (QED) is 0.0261. The molecule has 0 bridgehead atoms. The van der Waals surface area contributed by atoms with Crippen LogP contribution in [0.2, 0.25) is 0 Å². The van der Waals surface area contributed by atoms with E-state index >= 15 is 0 Å². The fourth-order valence-electron chi connectivity index (χ4n) is 10.9. The lowest BCUT2D eigenvalue weighted by Crippen LogP contribution is -2.30. The first-order valence-corrected chi connectivity index (χ1v) is 36.3. The standard InChI is InChI=1S/C76H138O6/c1-4-7-10-13-16-19-21-23-25-27-29-31-33-35-37-38-39-41-42-44-46-48-50-52-54-57-60-63-66-69-75(78)81-72-73(71-80-74(77)68-65-62-59-56-18-15-12-9-6-3)82-76(79)70-67-64-61-58-55-53-51-49-47-45-43-40-36-34-32-30-28-26-24-22-20-17-14-11-8-5-2/h7,10,16,19,23,25,29,31,35,37,73H,4-6,8-9,11-15,17-18,20-22,24,26-28,30,32-34,36,38-72H2,1-3H3/b10-7-,19-16-,25-23-,31-29-,37-35-. The van der Waals surface area contributed by atoms with Gasteiger partial charge in [0.2, 0.25) is 0 Å². The summed E-state index contributed by atoms with van der Waals surface area (Å²) in [6.07, 6.45) is 91.3. The van der Waals surface area contributed by atoms with Crippen molar-refractivity contribution >= 4 is 17.9 Å². The van der Waals surface area contributed by atoms with Gasteiger partial charge < -0.3 is 14.2 Å². The monoisotopic (exact) mass is 1150 g/mol. The molecule has 82 heavy (non-hydrogen) atoms. The molecule has 6 nitrogen and oxygen atoms in total. The van der Waals surface area contributed by atoms with Crippen LogP contribution >= 0.6 is 0 Å². The Hall–Kier alpha value is -2.89. The molecule has 0 heterocycles. The molecule has 0 spiro atoms. The first-order chi connectivity index (χ1) is 40.5. The van der Waals surface area contributed by atoms with Crippen molar-refractivity contribution in [2.45, 2.75) is 393 Å². The van der Waals surface area contributed by atoms with E-state index in [2.05, 4.69) is 81.5 Å². The van der Waals surface area contributed by atoms with E-state index in [9.17, 15) is 14.4 Å². The number of unbranched alkanes of at least 4 members (excludes halogenated alkanes) is 46. The van der Waals surface area contributed by atoms with Crippen LogP contribution in [0.5, 0.6) is 0 Å². The predicted octanol–water partition coefficient (Wildman–Crippen LogP) is 25.1.